The van der Waals surface area contributed by atoms with Gasteiger partial charge in [-0.25, -0.2) is 9.97 Å². The SMILES string of the molecule is Cc1nc2nc(N)cc(-c3cc4cc(CN(C)CC5CCC(C)CC5)ccc4[nH]3)c2[nH]1. The van der Waals surface area contributed by atoms with E-state index in [-0.39, 0.29) is 0 Å². The largest absolute Gasteiger partial charge is 0.384 e. The normalized spacial score (nSPS) is 19.6. The van der Waals surface area contributed by atoms with Crippen molar-refractivity contribution >= 4 is 27.9 Å². The lowest BCUT2D eigenvalue weighted by Gasteiger charge is -2.29. The standard InChI is InChI=1S/C25H32N6/c1-15-4-6-17(7-5-15)13-31(3)14-18-8-9-21-19(10-18)11-22(29-21)20-12-23(26)30-25-24(20)27-16(2)28-25/h8-12,15,17,29H,4-7,13-14H2,1-3H3,(H3,26,27,28,30). The van der Waals surface area contributed by atoms with Crippen LogP contribution < -0.4 is 5.73 Å². The summed E-state index contributed by atoms with van der Waals surface area (Å²) in [6, 6.07) is 10.8. The maximum atomic E-state index is 6.04. The molecule has 3 aromatic heterocycles. The van der Waals surface area contributed by atoms with Gasteiger partial charge in [0, 0.05) is 35.2 Å². The summed E-state index contributed by atoms with van der Waals surface area (Å²) in [5.74, 6) is 3.07. The third-order valence-electron chi connectivity index (χ3n) is 6.73. The topological polar surface area (TPSA) is 86.6 Å². The molecule has 5 rings (SSSR count). The molecule has 6 nitrogen and oxygen atoms in total. The number of nitrogens with two attached hydrogens (primary N) is 1. The first-order valence-corrected chi connectivity index (χ1v) is 11.4. The number of H-pyrrole nitrogens is 2. The predicted octanol–water partition coefficient (Wildman–Crippen LogP) is 5.25. The van der Waals surface area contributed by atoms with Gasteiger partial charge in [-0.15, -0.1) is 0 Å². The van der Waals surface area contributed by atoms with Crippen molar-refractivity contribution in [1.29, 1.82) is 0 Å². The Hall–Kier alpha value is -2.86. The number of hydrogen-bond donors (Lipinski definition) is 3. The Kier molecular flexibility index (Phi) is 5.18. The first-order chi connectivity index (χ1) is 14.9. The third kappa shape index (κ3) is 4.17. The Morgan fingerprint density at radius 3 is 2.68 bits per heavy atom. The molecule has 0 aliphatic heterocycles. The quantitative estimate of drug-likeness (QED) is 0.414. The molecular weight excluding hydrogens is 384 g/mol. The number of aromatic nitrogens is 4. The Labute approximate surface area is 183 Å². The highest BCUT2D eigenvalue weighted by atomic mass is 15.1. The molecule has 1 fully saturated rings. The van der Waals surface area contributed by atoms with Crippen LogP contribution in [0.2, 0.25) is 0 Å². The summed E-state index contributed by atoms with van der Waals surface area (Å²) in [6.45, 7) is 6.49. The van der Waals surface area contributed by atoms with Gasteiger partial charge >= 0.3 is 0 Å². The Morgan fingerprint density at radius 1 is 1.06 bits per heavy atom. The van der Waals surface area contributed by atoms with Crippen LogP contribution in [0.5, 0.6) is 0 Å². The van der Waals surface area contributed by atoms with Gasteiger partial charge in [-0.2, -0.15) is 0 Å². The number of aryl methyl sites for hydroxylation is 1. The molecule has 4 N–H and O–H groups in total. The number of nitrogen functional groups attached to an aromatic ring is 1. The average Bonchev–Trinajstić information content (AvgIpc) is 3.31. The number of aromatic amines is 2. The van der Waals surface area contributed by atoms with E-state index in [1.165, 1.54) is 43.2 Å². The van der Waals surface area contributed by atoms with Crippen molar-refractivity contribution in [3.63, 3.8) is 0 Å². The van der Waals surface area contributed by atoms with E-state index in [0.29, 0.717) is 11.5 Å². The first kappa shape index (κ1) is 20.1. The lowest BCUT2D eigenvalue weighted by Crippen LogP contribution is -2.27. The summed E-state index contributed by atoms with van der Waals surface area (Å²) in [4.78, 5) is 18.1. The van der Waals surface area contributed by atoms with E-state index in [1.807, 2.05) is 13.0 Å². The van der Waals surface area contributed by atoms with E-state index >= 15 is 0 Å². The summed E-state index contributed by atoms with van der Waals surface area (Å²) in [5, 5.41) is 1.21. The van der Waals surface area contributed by atoms with Crippen LogP contribution in [-0.4, -0.2) is 38.4 Å². The second-order valence-corrected chi connectivity index (χ2v) is 9.54. The fourth-order valence-electron chi connectivity index (χ4n) is 5.09. The number of nitrogens with zero attached hydrogens (tertiary/aromatic N) is 3. The highest BCUT2D eigenvalue weighted by Crippen LogP contribution is 2.31. The Bertz CT molecular complexity index is 1210. The van der Waals surface area contributed by atoms with Gasteiger partial charge in [-0.05, 0) is 68.5 Å². The molecule has 0 radical (unpaired) electrons. The van der Waals surface area contributed by atoms with Gasteiger partial charge in [0.05, 0.1) is 5.52 Å². The van der Waals surface area contributed by atoms with Crippen molar-refractivity contribution in [1.82, 2.24) is 24.8 Å². The number of anilines is 1. The molecule has 162 valence electrons. The van der Waals surface area contributed by atoms with Gasteiger partial charge in [0.1, 0.15) is 11.6 Å². The summed E-state index contributed by atoms with van der Waals surface area (Å²) in [5.41, 5.74) is 12.1. The Morgan fingerprint density at radius 2 is 1.87 bits per heavy atom. The molecule has 6 heteroatoms. The summed E-state index contributed by atoms with van der Waals surface area (Å²) < 4.78 is 0. The fraction of sp³-hybridized carbons (Fsp3) is 0.440. The maximum Gasteiger partial charge on any atom is 0.180 e. The molecule has 1 aliphatic rings. The lowest BCUT2D eigenvalue weighted by molar-refractivity contribution is 0.205. The zero-order valence-electron chi connectivity index (χ0n) is 18.7. The van der Waals surface area contributed by atoms with Crippen LogP contribution in [0.4, 0.5) is 5.82 Å². The van der Waals surface area contributed by atoms with Crippen molar-refractivity contribution in [2.45, 2.75) is 46.1 Å². The van der Waals surface area contributed by atoms with Gasteiger partial charge in [0.25, 0.3) is 0 Å². The van der Waals surface area contributed by atoms with E-state index in [9.17, 15) is 0 Å². The van der Waals surface area contributed by atoms with Crippen LogP contribution >= 0.6 is 0 Å². The molecule has 4 aromatic rings. The molecule has 31 heavy (non-hydrogen) atoms. The molecule has 0 atom stereocenters. The molecule has 1 saturated carbocycles. The number of imidazole rings is 1. The third-order valence-corrected chi connectivity index (χ3v) is 6.73. The second-order valence-electron chi connectivity index (χ2n) is 9.54. The van der Waals surface area contributed by atoms with Crippen LogP contribution in [0.25, 0.3) is 33.3 Å². The fourth-order valence-corrected chi connectivity index (χ4v) is 5.09. The predicted molar refractivity (Wildman–Crippen MR) is 128 cm³/mol. The number of benzene rings is 1. The smallest absolute Gasteiger partial charge is 0.180 e. The van der Waals surface area contributed by atoms with Crippen molar-refractivity contribution < 1.29 is 0 Å². The van der Waals surface area contributed by atoms with Crippen molar-refractivity contribution in [3.8, 4) is 11.3 Å². The molecular formula is C25H32N6. The summed E-state index contributed by atoms with van der Waals surface area (Å²) in [6.07, 6.45) is 5.53. The van der Waals surface area contributed by atoms with E-state index in [0.717, 1.165) is 46.5 Å². The second kappa shape index (κ2) is 8.00. The molecule has 1 aromatic carbocycles. The summed E-state index contributed by atoms with van der Waals surface area (Å²) in [7, 11) is 2.25. The maximum absolute atomic E-state index is 6.04. The van der Waals surface area contributed by atoms with Crippen molar-refractivity contribution in [2.24, 2.45) is 11.8 Å². The zero-order chi connectivity index (χ0) is 21.5. The molecule has 0 saturated heterocycles. The van der Waals surface area contributed by atoms with Crippen LogP contribution in [-0.2, 0) is 6.54 Å². The molecule has 0 amide bonds. The van der Waals surface area contributed by atoms with Crippen molar-refractivity contribution in [2.75, 3.05) is 19.3 Å². The van der Waals surface area contributed by atoms with E-state index in [1.54, 1.807) is 0 Å². The van der Waals surface area contributed by atoms with Gasteiger partial charge in [-0.3, -0.25) is 0 Å². The minimum atomic E-state index is 0.479. The number of nitrogens with one attached hydrogen (secondary N) is 2. The first-order valence-electron chi connectivity index (χ1n) is 11.4. The van der Waals surface area contributed by atoms with Gasteiger partial charge in [0.2, 0.25) is 0 Å². The minimum Gasteiger partial charge on any atom is -0.384 e. The number of fused-ring (bicyclic) bond motifs is 2. The zero-order valence-corrected chi connectivity index (χ0v) is 18.7. The number of hydrogen-bond acceptors (Lipinski definition) is 4. The number of rotatable bonds is 5. The molecule has 0 bridgehead atoms. The lowest BCUT2D eigenvalue weighted by atomic mass is 9.83. The van der Waals surface area contributed by atoms with Crippen LogP contribution in [0, 0.1) is 18.8 Å². The van der Waals surface area contributed by atoms with Crippen LogP contribution in [0.15, 0.2) is 30.3 Å². The highest BCUT2D eigenvalue weighted by Gasteiger charge is 2.19. The van der Waals surface area contributed by atoms with E-state index in [4.69, 9.17) is 5.73 Å². The molecule has 1 aliphatic carbocycles. The van der Waals surface area contributed by atoms with Crippen LogP contribution in [0.1, 0.15) is 44.0 Å². The minimum absolute atomic E-state index is 0.479. The monoisotopic (exact) mass is 416 g/mol. The highest BCUT2D eigenvalue weighted by molar-refractivity contribution is 5.95. The van der Waals surface area contributed by atoms with Gasteiger partial charge < -0.3 is 20.6 Å². The van der Waals surface area contributed by atoms with E-state index < -0.39 is 0 Å². The number of pyridine rings is 1. The summed E-state index contributed by atoms with van der Waals surface area (Å²) >= 11 is 0. The van der Waals surface area contributed by atoms with Gasteiger partial charge in [0.15, 0.2) is 5.65 Å². The average molecular weight is 417 g/mol. The van der Waals surface area contributed by atoms with Crippen molar-refractivity contribution in [3.05, 3.63) is 41.7 Å². The molecule has 0 unspecified atom stereocenters. The Balaban J connectivity index is 1.37. The molecule has 3 heterocycles. The van der Waals surface area contributed by atoms with Crippen LogP contribution in [0.3, 0.4) is 0 Å². The van der Waals surface area contributed by atoms with Gasteiger partial charge in [-0.1, -0.05) is 25.8 Å². The molecule has 0 spiro atoms. The van der Waals surface area contributed by atoms with E-state index in [2.05, 4.69) is 63.1 Å².